The minimum atomic E-state index is -4.16. The molecular weight excluding hydrogens is 323 g/mol. The standard InChI is InChI=1S/C16H18F3N3O2/c1-23-13-7-3-2-6-12(13)15-20-14(24-21-15)10-22-8-4-5-11(9-22)16(17,18)19/h2-3,6-7,11H,4-5,8-10H2,1H3/t11-/m1/s1. The molecule has 2 aromatic rings. The summed E-state index contributed by atoms with van der Waals surface area (Å²) < 4.78 is 49.1. The first-order valence-corrected chi connectivity index (χ1v) is 7.72. The first-order valence-electron chi connectivity index (χ1n) is 7.72. The van der Waals surface area contributed by atoms with E-state index in [9.17, 15) is 13.2 Å². The summed E-state index contributed by atoms with van der Waals surface area (Å²) in [5.74, 6) is -0.00613. The van der Waals surface area contributed by atoms with Gasteiger partial charge in [0.15, 0.2) is 0 Å². The summed E-state index contributed by atoms with van der Waals surface area (Å²) >= 11 is 0. The summed E-state index contributed by atoms with van der Waals surface area (Å²) in [7, 11) is 1.55. The number of rotatable bonds is 4. The van der Waals surface area contributed by atoms with Crippen molar-refractivity contribution in [3.63, 3.8) is 0 Å². The largest absolute Gasteiger partial charge is 0.496 e. The summed E-state index contributed by atoms with van der Waals surface area (Å²) in [4.78, 5) is 6.00. The zero-order valence-electron chi connectivity index (χ0n) is 13.2. The molecular formula is C16H18F3N3O2. The molecule has 0 saturated carbocycles. The number of ether oxygens (including phenoxy) is 1. The Morgan fingerprint density at radius 1 is 1.33 bits per heavy atom. The predicted molar refractivity (Wildman–Crippen MR) is 80.3 cm³/mol. The smallest absolute Gasteiger partial charge is 0.393 e. The number of nitrogens with zero attached hydrogens (tertiary/aromatic N) is 3. The second-order valence-electron chi connectivity index (χ2n) is 5.83. The zero-order chi connectivity index (χ0) is 17.2. The van der Waals surface area contributed by atoms with E-state index in [-0.39, 0.29) is 19.5 Å². The van der Waals surface area contributed by atoms with E-state index in [0.717, 1.165) is 0 Å². The van der Waals surface area contributed by atoms with Crippen LogP contribution in [0.2, 0.25) is 0 Å². The third-order valence-corrected chi connectivity index (χ3v) is 4.14. The van der Waals surface area contributed by atoms with Crippen LogP contribution in [0.5, 0.6) is 5.75 Å². The molecule has 0 radical (unpaired) electrons. The van der Waals surface area contributed by atoms with Gasteiger partial charge in [0.2, 0.25) is 11.7 Å². The van der Waals surface area contributed by atoms with E-state index in [2.05, 4.69) is 10.1 Å². The number of methoxy groups -OCH3 is 1. The highest BCUT2D eigenvalue weighted by molar-refractivity contribution is 5.63. The van der Waals surface area contributed by atoms with Gasteiger partial charge in [0.25, 0.3) is 0 Å². The maximum atomic E-state index is 12.9. The van der Waals surface area contributed by atoms with Crippen molar-refractivity contribution in [2.24, 2.45) is 5.92 Å². The Kier molecular flexibility index (Phi) is 4.75. The molecule has 1 aliphatic heterocycles. The van der Waals surface area contributed by atoms with Gasteiger partial charge in [-0.25, -0.2) is 0 Å². The number of hydrogen-bond donors (Lipinski definition) is 0. The van der Waals surface area contributed by atoms with Gasteiger partial charge < -0.3 is 9.26 Å². The summed E-state index contributed by atoms with van der Waals surface area (Å²) in [6.07, 6.45) is -3.47. The van der Waals surface area contributed by atoms with Gasteiger partial charge in [0, 0.05) is 6.54 Å². The van der Waals surface area contributed by atoms with E-state index in [0.29, 0.717) is 36.0 Å². The van der Waals surface area contributed by atoms with Crippen LogP contribution in [0.25, 0.3) is 11.4 Å². The van der Waals surface area contributed by atoms with Gasteiger partial charge in [0.05, 0.1) is 25.1 Å². The van der Waals surface area contributed by atoms with Gasteiger partial charge in [0.1, 0.15) is 5.75 Å². The fourth-order valence-corrected chi connectivity index (χ4v) is 2.92. The number of benzene rings is 1. The Balaban J connectivity index is 1.70. The van der Waals surface area contributed by atoms with E-state index < -0.39 is 12.1 Å². The summed E-state index contributed by atoms with van der Waals surface area (Å²) in [5.41, 5.74) is 0.682. The van der Waals surface area contributed by atoms with E-state index in [1.54, 1.807) is 24.1 Å². The molecule has 0 spiro atoms. The Morgan fingerprint density at radius 2 is 2.12 bits per heavy atom. The first kappa shape index (κ1) is 16.8. The minimum Gasteiger partial charge on any atom is -0.496 e. The van der Waals surface area contributed by atoms with Gasteiger partial charge in [-0.2, -0.15) is 18.2 Å². The molecule has 0 N–H and O–H groups in total. The van der Waals surface area contributed by atoms with E-state index in [1.807, 2.05) is 12.1 Å². The molecule has 1 saturated heterocycles. The van der Waals surface area contributed by atoms with Crippen molar-refractivity contribution in [3.05, 3.63) is 30.2 Å². The molecule has 1 aliphatic rings. The summed E-state index contributed by atoms with van der Waals surface area (Å²) in [5, 5.41) is 3.91. The van der Waals surface area contributed by atoms with Crippen LogP contribution in [0.15, 0.2) is 28.8 Å². The van der Waals surface area contributed by atoms with Crippen molar-refractivity contribution in [2.45, 2.75) is 25.6 Å². The monoisotopic (exact) mass is 341 g/mol. The van der Waals surface area contributed by atoms with Crippen LogP contribution in [-0.2, 0) is 6.54 Å². The lowest BCUT2D eigenvalue weighted by Crippen LogP contribution is -2.41. The zero-order valence-corrected chi connectivity index (χ0v) is 13.2. The second-order valence-corrected chi connectivity index (χ2v) is 5.83. The van der Waals surface area contributed by atoms with E-state index in [4.69, 9.17) is 9.26 Å². The first-order chi connectivity index (χ1) is 11.5. The molecule has 0 bridgehead atoms. The van der Waals surface area contributed by atoms with E-state index >= 15 is 0 Å². The van der Waals surface area contributed by atoms with Crippen LogP contribution >= 0.6 is 0 Å². The number of alkyl halides is 3. The van der Waals surface area contributed by atoms with Crippen LogP contribution in [0.4, 0.5) is 13.2 Å². The number of hydrogen-bond acceptors (Lipinski definition) is 5. The molecule has 0 amide bonds. The van der Waals surface area contributed by atoms with Crippen molar-refractivity contribution < 1.29 is 22.4 Å². The molecule has 1 atom stereocenters. The van der Waals surface area contributed by atoms with Crippen molar-refractivity contribution >= 4 is 0 Å². The van der Waals surface area contributed by atoms with Gasteiger partial charge in [-0.1, -0.05) is 17.3 Å². The maximum Gasteiger partial charge on any atom is 0.393 e. The fourth-order valence-electron chi connectivity index (χ4n) is 2.92. The lowest BCUT2D eigenvalue weighted by Gasteiger charge is -2.32. The SMILES string of the molecule is COc1ccccc1-c1noc(CN2CCC[C@@H](C(F)(F)F)C2)n1. The van der Waals surface area contributed by atoms with Crippen molar-refractivity contribution in [3.8, 4) is 17.1 Å². The van der Waals surface area contributed by atoms with Gasteiger partial charge in [-0.05, 0) is 31.5 Å². The second kappa shape index (κ2) is 6.80. The molecule has 1 aromatic heterocycles. The van der Waals surface area contributed by atoms with Crippen LogP contribution in [-0.4, -0.2) is 41.4 Å². The topological polar surface area (TPSA) is 51.4 Å². The molecule has 0 unspecified atom stereocenters. The fraction of sp³-hybridized carbons (Fsp3) is 0.500. The normalized spacial score (nSPS) is 19.4. The molecule has 3 rings (SSSR count). The van der Waals surface area contributed by atoms with Crippen molar-refractivity contribution in [1.82, 2.24) is 15.0 Å². The lowest BCUT2D eigenvalue weighted by atomic mass is 9.97. The summed E-state index contributed by atoms with van der Waals surface area (Å²) in [6, 6.07) is 7.23. The maximum absolute atomic E-state index is 12.9. The highest BCUT2D eigenvalue weighted by Crippen LogP contribution is 2.33. The van der Waals surface area contributed by atoms with E-state index in [1.165, 1.54) is 0 Å². The highest BCUT2D eigenvalue weighted by atomic mass is 19.4. The number of aromatic nitrogens is 2. The third kappa shape index (κ3) is 3.69. The highest BCUT2D eigenvalue weighted by Gasteiger charge is 2.41. The molecule has 130 valence electrons. The number of piperidine rings is 1. The quantitative estimate of drug-likeness (QED) is 0.852. The van der Waals surface area contributed by atoms with Crippen LogP contribution in [0, 0.1) is 5.92 Å². The molecule has 1 fully saturated rings. The summed E-state index contributed by atoms with van der Waals surface area (Å²) in [6.45, 7) is 0.781. The molecule has 0 aliphatic carbocycles. The molecule has 2 heterocycles. The van der Waals surface area contributed by atoms with Crippen LogP contribution in [0.3, 0.4) is 0 Å². The average Bonchev–Trinajstić information content (AvgIpc) is 3.02. The van der Waals surface area contributed by atoms with Gasteiger partial charge in [-0.3, -0.25) is 4.90 Å². The lowest BCUT2D eigenvalue weighted by molar-refractivity contribution is -0.187. The number of halogens is 3. The molecule has 5 nitrogen and oxygen atoms in total. The Hall–Kier alpha value is -2.09. The molecule has 8 heteroatoms. The van der Waals surface area contributed by atoms with Crippen molar-refractivity contribution in [2.75, 3.05) is 20.2 Å². The predicted octanol–water partition coefficient (Wildman–Crippen LogP) is 3.52. The third-order valence-electron chi connectivity index (χ3n) is 4.14. The molecule has 24 heavy (non-hydrogen) atoms. The van der Waals surface area contributed by atoms with Gasteiger partial charge in [-0.15, -0.1) is 0 Å². The minimum absolute atomic E-state index is 0.0319. The Morgan fingerprint density at radius 3 is 2.88 bits per heavy atom. The number of likely N-dealkylation sites (tertiary alicyclic amines) is 1. The average molecular weight is 341 g/mol. The molecule has 1 aromatic carbocycles. The van der Waals surface area contributed by atoms with Crippen LogP contribution in [0.1, 0.15) is 18.7 Å². The van der Waals surface area contributed by atoms with Gasteiger partial charge >= 0.3 is 6.18 Å². The van der Waals surface area contributed by atoms with Crippen LogP contribution < -0.4 is 4.74 Å². The number of para-hydroxylation sites is 1. The Bertz CT molecular complexity index is 687. The Labute approximate surface area is 137 Å². The van der Waals surface area contributed by atoms with Crippen molar-refractivity contribution in [1.29, 1.82) is 0 Å².